The highest BCUT2D eigenvalue weighted by Crippen LogP contribution is 1.98. The molecular formula is C39H92O. The van der Waals surface area contributed by atoms with Crippen molar-refractivity contribution in [1.29, 1.82) is 0 Å². The zero-order valence-corrected chi connectivity index (χ0v) is 32.0. The molecule has 0 aliphatic heterocycles. The topological polar surface area (TPSA) is 20.2 Å². The third-order valence-corrected chi connectivity index (χ3v) is 5.74. The maximum atomic E-state index is 8.06. The Morgan fingerprint density at radius 1 is 0.250 bits per heavy atom. The van der Waals surface area contributed by atoms with E-state index in [0.717, 1.165) is 0 Å². The quantitative estimate of drug-likeness (QED) is 0.161. The Kier molecular flexibility index (Phi) is 108. The fourth-order valence-corrected chi connectivity index (χ4v) is 3.00. The molecule has 40 heavy (non-hydrogen) atoms. The van der Waals surface area contributed by atoms with Crippen LogP contribution < -0.4 is 0 Å². The predicted molar refractivity (Wildman–Crippen MR) is 196 cm³/mol. The van der Waals surface area contributed by atoms with E-state index in [1.807, 2.05) is 0 Å². The highest BCUT2D eigenvalue weighted by Gasteiger charge is 1.78. The normalized spacial score (nSPS) is 9.00. The van der Waals surface area contributed by atoms with E-state index in [9.17, 15) is 0 Å². The lowest BCUT2D eigenvalue weighted by Crippen LogP contribution is -1.85. The smallest absolute Gasteiger partial charge is 0.0483 e. The zero-order valence-electron chi connectivity index (χ0n) is 32.0. The molecule has 0 aromatic rings. The second-order valence-corrected chi connectivity index (χ2v) is 11.3. The molecule has 0 aromatic heterocycles. The van der Waals surface area contributed by atoms with Crippen LogP contribution in [-0.2, 0) is 0 Å². The van der Waals surface area contributed by atoms with Crippen molar-refractivity contribution in [2.75, 3.05) is 0 Å². The first kappa shape index (κ1) is 55.8. The summed E-state index contributed by atoms with van der Waals surface area (Å²) in [5, 5.41) is 8.06. The molecule has 0 fully saturated rings. The third-order valence-electron chi connectivity index (χ3n) is 5.74. The van der Waals surface area contributed by atoms with Crippen molar-refractivity contribution in [3.8, 4) is 0 Å². The van der Waals surface area contributed by atoms with E-state index >= 15 is 0 Å². The van der Waals surface area contributed by atoms with Gasteiger partial charge in [-0.2, -0.15) is 0 Å². The second kappa shape index (κ2) is 77.2. The summed E-state index contributed by atoms with van der Waals surface area (Å²) in [7, 11) is 0. The standard InChI is InChI=1S/6C6H14.C3H8O/c6*1-3-5-6-4-2;1-3(2)4/h6*3-6H2,1-2H3;3-4H,1-2H3. The Morgan fingerprint density at radius 2 is 0.300 bits per heavy atom. The van der Waals surface area contributed by atoms with Crippen LogP contribution in [0.4, 0.5) is 0 Å². The first-order valence-electron chi connectivity index (χ1n) is 18.9. The van der Waals surface area contributed by atoms with Crippen LogP contribution >= 0.6 is 0 Å². The predicted octanol–water partition coefficient (Wildman–Crippen LogP) is 15.9. The van der Waals surface area contributed by atoms with Crippen LogP contribution in [-0.4, -0.2) is 11.2 Å². The van der Waals surface area contributed by atoms with Crippen LogP contribution in [0, 0.1) is 0 Å². The Bertz CT molecular complexity index is 173. The number of hydrogen-bond acceptors (Lipinski definition) is 1. The molecule has 1 nitrogen and oxygen atoms in total. The molecule has 0 aromatic carbocycles. The summed E-state index contributed by atoms with van der Waals surface area (Å²) < 4.78 is 0. The van der Waals surface area contributed by atoms with E-state index < -0.39 is 0 Å². The van der Waals surface area contributed by atoms with E-state index in [-0.39, 0.29) is 6.10 Å². The van der Waals surface area contributed by atoms with Crippen LogP contribution in [0.15, 0.2) is 0 Å². The molecule has 1 N–H and O–H groups in total. The largest absolute Gasteiger partial charge is 0.394 e. The van der Waals surface area contributed by atoms with Gasteiger partial charge in [-0.25, -0.2) is 0 Å². The van der Waals surface area contributed by atoms with Gasteiger partial charge < -0.3 is 5.11 Å². The summed E-state index contributed by atoms with van der Waals surface area (Å²) in [6.07, 6.45) is 33.1. The lowest BCUT2D eigenvalue weighted by molar-refractivity contribution is 0.216. The van der Waals surface area contributed by atoms with Crippen LogP contribution in [0.25, 0.3) is 0 Å². The Labute approximate surface area is 261 Å². The summed E-state index contributed by atoms with van der Waals surface area (Å²) in [6.45, 7) is 30.2. The van der Waals surface area contributed by atoms with Crippen molar-refractivity contribution in [1.82, 2.24) is 0 Å². The fourth-order valence-electron chi connectivity index (χ4n) is 3.00. The molecule has 0 aliphatic rings. The van der Waals surface area contributed by atoms with Crippen molar-refractivity contribution in [2.45, 2.75) is 257 Å². The monoisotopic (exact) mass is 577 g/mol. The van der Waals surface area contributed by atoms with Gasteiger partial charge in [-0.3, -0.25) is 0 Å². The molecule has 0 rings (SSSR count). The van der Waals surface area contributed by atoms with Crippen molar-refractivity contribution < 1.29 is 5.11 Å². The van der Waals surface area contributed by atoms with E-state index in [0.29, 0.717) is 0 Å². The van der Waals surface area contributed by atoms with Gasteiger partial charge >= 0.3 is 0 Å². The average Bonchev–Trinajstić information content (AvgIpc) is 2.96. The molecule has 0 heterocycles. The Balaban J connectivity index is -0.0000000637. The van der Waals surface area contributed by atoms with Crippen LogP contribution in [0.1, 0.15) is 251 Å². The van der Waals surface area contributed by atoms with Crippen molar-refractivity contribution in [3.63, 3.8) is 0 Å². The summed E-state index contributed by atoms with van der Waals surface area (Å²) >= 11 is 0. The molecule has 0 aliphatic carbocycles. The van der Waals surface area contributed by atoms with Gasteiger partial charge in [-0.1, -0.05) is 237 Å². The van der Waals surface area contributed by atoms with Gasteiger partial charge in [-0.05, 0) is 13.8 Å². The average molecular weight is 577 g/mol. The molecule has 0 spiro atoms. The molecule has 0 saturated heterocycles. The van der Waals surface area contributed by atoms with Gasteiger partial charge in [-0.15, -0.1) is 0 Å². The fraction of sp³-hybridized carbons (Fsp3) is 1.00. The van der Waals surface area contributed by atoms with Crippen LogP contribution in [0.3, 0.4) is 0 Å². The van der Waals surface area contributed by atoms with E-state index in [4.69, 9.17) is 5.11 Å². The van der Waals surface area contributed by atoms with Crippen LogP contribution in [0.5, 0.6) is 0 Å². The number of aliphatic hydroxyl groups is 1. The van der Waals surface area contributed by atoms with E-state index in [2.05, 4.69) is 83.1 Å². The third kappa shape index (κ3) is 161. The van der Waals surface area contributed by atoms with Gasteiger partial charge in [0.15, 0.2) is 0 Å². The summed E-state index contributed by atoms with van der Waals surface area (Å²) in [5.74, 6) is 0. The second-order valence-electron chi connectivity index (χ2n) is 11.3. The summed E-state index contributed by atoms with van der Waals surface area (Å²) in [6, 6.07) is 0. The molecule has 0 saturated carbocycles. The summed E-state index contributed by atoms with van der Waals surface area (Å²) in [5.41, 5.74) is 0. The molecule has 0 bridgehead atoms. The minimum absolute atomic E-state index is 0.167. The first-order chi connectivity index (χ1) is 19.2. The molecular weight excluding hydrogens is 484 g/mol. The lowest BCUT2D eigenvalue weighted by atomic mass is 10.2. The number of hydrogen-bond donors (Lipinski definition) is 1. The summed E-state index contributed by atoms with van der Waals surface area (Å²) in [4.78, 5) is 0. The number of unbranched alkanes of at least 4 members (excludes halogenated alkanes) is 18. The molecule has 0 amide bonds. The molecule has 254 valence electrons. The SMILES string of the molecule is CC(C)O.CCCCCC.CCCCCC.CCCCCC.CCCCCC.CCCCCC.CCCCCC. The zero-order chi connectivity index (χ0) is 32.5. The number of rotatable bonds is 18. The molecule has 0 atom stereocenters. The van der Waals surface area contributed by atoms with Gasteiger partial charge in [0.1, 0.15) is 0 Å². The number of aliphatic hydroxyl groups excluding tert-OH is 1. The van der Waals surface area contributed by atoms with E-state index in [1.54, 1.807) is 13.8 Å². The minimum Gasteiger partial charge on any atom is -0.394 e. The molecule has 0 radical (unpaired) electrons. The van der Waals surface area contributed by atoms with Gasteiger partial charge in [0, 0.05) is 6.10 Å². The van der Waals surface area contributed by atoms with Gasteiger partial charge in [0.05, 0.1) is 0 Å². The molecule has 0 unspecified atom stereocenters. The maximum absolute atomic E-state index is 8.06. The van der Waals surface area contributed by atoms with Gasteiger partial charge in [0.25, 0.3) is 0 Å². The molecule has 1 heteroatoms. The van der Waals surface area contributed by atoms with Crippen molar-refractivity contribution in [2.24, 2.45) is 0 Å². The maximum Gasteiger partial charge on any atom is 0.0483 e. The van der Waals surface area contributed by atoms with Crippen LogP contribution in [0.2, 0.25) is 0 Å². The van der Waals surface area contributed by atoms with E-state index in [1.165, 1.54) is 154 Å². The highest BCUT2D eigenvalue weighted by molar-refractivity contribution is 4.34. The lowest BCUT2D eigenvalue weighted by Gasteiger charge is -1.86. The highest BCUT2D eigenvalue weighted by atomic mass is 16.3. The Morgan fingerprint density at radius 3 is 0.325 bits per heavy atom. The van der Waals surface area contributed by atoms with Crippen molar-refractivity contribution >= 4 is 0 Å². The van der Waals surface area contributed by atoms with Gasteiger partial charge in [0.2, 0.25) is 0 Å². The Hall–Kier alpha value is -0.0400. The minimum atomic E-state index is -0.167. The van der Waals surface area contributed by atoms with Crippen molar-refractivity contribution in [3.05, 3.63) is 0 Å². The first-order valence-corrected chi connectivity index (χ1v) is 18.9.